The zero-order valence-electron chi connectivity index (χ0n) is 11.2. The second kappa shape index (κ2) is 8.07. The third kappa shape index (κ3) is 4.80. The van der Waals surface area contributed by atoms with Crippen LogP contribution < -0.4 is 10.7 Å². The van der Waals surface area contributed by atoms with Gasteiger partial charge in [-0.1, -0.05) is 23.2 Å². The molecule has 1 aromatic carbocycles. The van der Waals surface area contributed by atoms with Crippen LogP contribution in [0.3, 0.4) is 0 Å². The first-order valence-electron chi connectivity index (χ1n) is 5.79. The Balaban J connectivity index is 2.84. The molecule has 0 aliphatic rings. The van der Waals surface area contributed by atoms with Crippen LogP contribution in [-0.2, 0) is 9.53 Å². The highest BCUT2D eigenvalue weighted by Gasteiger charge is 2.15. The van der Waals surface area contributed by atoms with E-state index in [9.17, 15) is 14.7 Å². The van der Waals surface area contributed by atoms with Crippen LogP contribution in [0.15, 0.2) is 17.2 Å². The van der Waals surface area contributed by atoms with Gasteiger partial charge in [-0.3, -0.25) is 15.5 Å². The Bertz CT molecular complexity index is 647. The van der Waals surface area contributed by atoms with E-state index in [2.05, 4.69) is 15.3 Å². The maximum absolute atomic E-state index is 11.6. The molecule has 0 bridgehead atoms. The van der Waals surface area contributed by atoms with Gasteiger partial charge in [0.15, 0.2) is 5.75 Å². The number of halogens is 2. The fourth-order valence-corrected chi connectivity index (χ4v) is 1.68. The van der Waals surface area contributed by atoms with Crippen molar-refractivity contribution < 1.29 is 19.4 Å². The van der Waals surface area contributed by atoms with Gasteiger partial charge >= 0.3 is 6.09 Å². The maximum atomic E-state index is 11.6. The predicted molar refractivity (Wildman–Crippen MR) is 80.0 cm³/mol. The number of hydrogen-bond donors (Lipinski definition) is 3. The number of ether oxygens (including phenoxy) is 1. The highest BCUT2D eigenvalue weighted by atomic mass is 35.5. The van der Waals surface area contributed by atoms with Crippen molar-refractivity contribution >= 4 is 46.6 Å². The summed E-state index contributed by atoms with van der Waals surface area (Å²) >= 11 is 11.4. The van der Waals surface area contributed by atoms with Crippen LogP contribution in [0.4, 0.5) is 10.5 Å². The Labute approximate surface area is 135 Å². The molecular weight excluding hydrogens is 335 g/mol. The van der Waals surface area contributed by atoms with Gasteiger partial charge < -0.3 is 9.84 Å². The molecule has 0 saturated carbocycles. The van der Waals surface area contributed by atoms with E-state index in [1.165, 1.54) is 18.2 Å². The number of nitrogens with one attached hydrogen (secondary N) is 2. The van der Waals surface area contributed by atoms with Gasteiger partial charge in [-0.15, -0.1) is 0 Å². The van der Waals surface area contributed by atoms with E-state index in [1.807, 2.05) is 5.32 Å². The largest absolute Gasteiger partial charge is 0.505 e. The molecule has 116 valence electrons. The third-order valence-corrected chi connectivity index (χ3v) is 2.70. The van der Waals surface area contributed by atoms with Crippen molar-refractivity contribution in [2.75, 3.05) is 12.0 Å². The molecular formula is C12H10Cl2N4O4. The highest BCUT2D eigenvalue weighted by molar-refractivity contribution is 6.47. The van der Waals surface area contributed by atoms with Gasteiger partial charge in [-0.05, 0) is 19.1 Å². The third-order valence-electron chi connectivity index (χ3n) is 2.13. The lowest BCUT2D eigenvalue weighted by atomic mass is 10.3. The summed E-state index contributed by atoms with van der Waals surface area (Å²) in [5.74, 6) is -1.34. The number of rotatable bonds is 4. The highest BCUT2D eigenvalue weighted by Crippen LogP contribution is 2.34. The van der Waals surface area contributed by atoms with Crippen molar-refractivity contribution in [2.45, 2.75) is 6.92 Å². The molecule has 8 nitrogen and oxygen atoms in total. The number of amides is 2. The lowest BCUT2D eigenvalue weighted by molar-refractivity contribution is -0.114. The summed E-state index contributed by atoms with van der Waals surface area (Å²) in [5, 5.41) is 23.5. The van der Waals surface area contributed by atoms with E-state index in [0.29, 0.717) is 0 Å². The number of hydrogen-bond acceptors (Lipinski definition) is 7. The molecule has 1 rings (SSSR count). The fourth-order valence-electron chi connectivity index (χ4n) is 1.20. The summed E-state index contributed by atoms with van der Waals surface area (Å²) in [6.07, 6.45) is -0.994. The average Bonchev–Trinajstić information content (AvgIpc) is 2.45. The molecule has 0 atom stereocenters. The summed E-state index contributed by atoms with van der Waals surface area (Å²) in [4.78, 5) is 22.6. The number of aromatic hydroxyl groups is 1. The number of phenols is 1. The molecule has 22 heavy (non-hydrogen) atoms. The SMILES string of the molecule is CCOC(=O)NC(=O)C(C#N)=NNc1cc(Cl)c(O)c(Cl)c1. The van der Waals surface area contributed by atoms with Gasteiger partial charge in [-0.25, -0.2) is 4.79 Å². The molecule has 0 aliphatic carbocycles. The van der Waals surface area contributed by atoms with E-state index < -0.39 is 17.7 Å². The first-order chi connectivity index (χ1) is 10.4. The first kappa shape index (κ1) is 17.6. The van der Waals surface area contributed by atoms with Gasteiger partial charge in [0.1, 0.15) is 6.07 Å². The van der Waals surface area contributed by atoms with E-state index in [-0.39, 0.29) is 28.1 Å². The van der Waals surface area contributed by atoms with Gasteiger partial charge in [0.2, 0.25) is 5.71 Å². The minimum Gasteiger partial charge on any atom is -0.505 e. The Kier molecular flexibility index (Phi) is 6.44. The topological polar surface area (TPSA) is 124 Å². The van der Waals surface area contributed by atoms with Gasteiger partial charge in [0, 0.05) is 0 Å². The van der Waals surface area contributed by atoms with Crippen LogP contribution in [0, 0.1) is 11.3 Å². The molecule has 0 unspecified atom stereocenters. The van der Waals surface area contributed by atoms with Crippen molar-refractivity contribution in [3.63, 3.8) is 0 Å². The molecule has 0 fully saturated rings. The van der Waals surface area contributed by atoms with Crippen molar-refractivity contribution in [3.05, 3.63) is 22.2 Å². The molecule has 10 heteroatoms. The average molecular weight is 345 g/mol. The second-order valence-corrected chi connectivity index (χ2v) is 4.46. The Morgan fingerprint density at radius 3 is 2.50 bits per heavy atom. The Hall–Kier alpha value is -2.50. The van der Waals surface area contributed by atoms with Crippen LogP contribution in [0.1, 0.15) is 6.92 Å². The molecule has 0 saturated heterocycles. The van der Waals surface area contributed by atoms with Crippen LogP contribution in [0.25, 0.3) is 0 Å². The summed E-state index contributed by atoms with van der Waals surface area (Å²) < 4.78 is 4.50. The van der Waals surface area contributed by atoms with E-state index in [4.69, 9.17) is 28.5 Å². The van der Waals surface area contributed by atoms with E-state index >= 15 is 0 Å². The van der Waals surface area contributed by atoms with Gasteiger partial charge in [0.05, 0.1) is 22.3 Å². The van der Waals surface area contributed by atoms with Crippen LogP contribution in [0.5, 0.6) is 5.75 Å². The summed E-state index contributed by atoms with van der Waals surface area (Å²) in [6, 6.07) is 4.08. The monoisotopic (exact) mass is 344 g/mol. The molecule has 1 aromatic rings. The fraction of sp³-hybridized carbons (Fsp3) is 0.167. The lowest BCUT2D eigenvalue weighted by Gasteiger charge is -2.06. The molecule has 3 N–H and O–H groups in total. The number of benzene rings is 1. The van der Waals surface area contributed by atoms with Crippen LogP contribution in [-0.4, -0.2) is 29.4 Å². The summed E-state index contributed by atoms with van der Waals surface area (Å²) in [7, 11) is 0. The van der Waals surface area contributed by atoms with Crippen LogP contribution >= 0.6 is 23.2 Å². The molecule has 0 radical (unpaired) electrons. The number of carbonyl (C=O) groups is 2. The molecule has 0 heterocycles. The number of carbonyl (C=O) groups excluding carboxylic acids is 2. The summed E-state index contributed by atoms with van der Waals surface area (Å²) in [6.45, 7) is 1.63. The molecule has 0 spiro atoms. The summed E-state index contributed by atoms with van der Waals surface area (Å²) in [5.41, 5.74) is 1.97. The maximum Gasteiger partial charge on any atom is 0.414 e. The minimum atomic E-state index is -1.04. The first-order valence-corrected chi connectivity index (χ1v) is 6.54. The number of imide groups is 1. The van der Waals surface area contributed by atoms with E-state index in [0.717, 1.165) is 0 Å². The molecule has 2 amide bonds. The standard InChI is InChI=1S/C12H10Cl2N4O4/c1-2-22-12(21)16-11(20)9(5-15)18-17-6-3-7(13)10(19)8(14)4-6/h3-4,17,19H,2H2,1H3,(H,16,20,21). The van der Waals surface area contributed by atoms with Crippen molar-refractivity contribution in [2.24, 2.45) is 5.10 Å². The van der Waals surface area contributed by atoms with Crippen molar-refractivity contribution in [1.29, 1.82) is 5.26 Å². The molecule has 0 aromatic heterocycles. The Morgan fingerprint density at radius 1 is 1.41 bits per heavy atom. The van der Waals surface area contributed by atoms with Gasteiger partial charge in [-0.2, -0.15) is 10.4 Å². The zero-order chi connectivity index (χ0) is 16.7. The molecule has 0 aliphatic heterocycles. The van der Waals surface area contributed by atoms with E-state index in [1.54, 1.807) is 6.92 Å². The van der Waals surface area contributed by atoms with Crippen molar-refractivity contribution in [3.8, 4) is 11.8 Å². The second-order valence-electron chi connectivity index (χ2n) is 3.65. The Morgan fingerprint density at radius 2 is 2.00 bits per heavy atom. The normalized spacial score (nSPS) is 10.5. The minimum absolute atomic E-state index is 0.0420. The number of phenolic OH excluding ortho intramolecular Hbond substituents is 1. The number of nitriles is 1. The van der Waals surface area contributed by atoms with Gasteiger partial charge in [0.25, 0.3) is 5.91 Å². The van der Waals surface area contributed by atoms with Crippen molar-refractivity contribution in [1.82, 2.24) is 5.32 Å². The number of alkyl carbamates (subject to hydrolysis) is 1. The van der Waals surface area contributed by atoms with Crippen LogP contribution in [0.2, 0.25) is 10.0 Å². The number of nitrogens with zero attached hydrogens (tertiary/aromatic N) is 2. The lowest BCUT2D eigenvalue weighted by Crippen LogP contribution is -2.36. The quantitative estimate of drug-likeness (QED) is 0.437. The number of anilines is 1. The predicted octanol–water partition coefficient (Wildman–Crippen LogP) is 2.26. The zero-order valence-corrected chi connectivity index (χ0v) is 12.7. The smallest absolute Gasteiger partial charge is 0.414 e. The number of hydrazone groups is 1.